The van der Waals surface area contributed by atoms with Crippen molar-refractivity contribution in [3.05, 3.63) is 82.0 Å². The number of fused-ring (bicyclic) bond motifs is 1. The van der Waals surface area contributed by atoms with Gasteiger partial charge in [0.1, 0.15) is 0 Å². The molecule has 0 atom stereocenters. The van der Waals surface area contributed by atoms with Gasteiger partial charge in [-0.3, -0.25) is 24.5 Å². The summed E-state index contributed by atoms with van der Waals surface area (Å²) in [5, 5.41) is 2.95. The van der Waals surface area contributed by atoms with E-state index >= 15 is 0 Å². The summed E-state index contributed by atoms with van der Waals surface area (Å²) in [4.78, 5) is 18.8. The van der Waals surface area contributed by atoms with Gasteiger partial charge in [0, 0.05) is 32.3 Å². The maximum absolute atomic E-state index is 12.3. The molecule has 116 valence electrons. The number of hydrogen-bond acceptors (Lipinski definition) is 3. The Hall–Kier alpha value is -2.66. The van der Waals surface area contributed by atoms with Crippen LogP contribution in [0.2, 0.25) is 0 Å². The van der Waals surface area contributed by atoms with Gasteiger partial charge in [-0.15, -0.1) is 0 Å². The molecular formula is C18H18N4O. The maximum atomic E-state index is 12.3. The van der Waals surface area contributed by atoms with E-state index in [0.29, 0.717) is 6.54 Å². The fourth-order valence-corrected chi connectivity index (χ4v) is 3.18. The third kappa shape index (κ3) is 2.71. The second kappa shape index (κ2) is 5.85. The van der Waals surface area contributed by atoms with Crippen LogP contribution in [0.25, 0.3) is 5.69 Å². The first-order valence-electron chi connectivity index (χ1n) is 7.81. The van der Waals surface area contributed by atoms with Crippen molar-refractivity contribution < 1.29 is 0 Å². The molecule has 1 aliphatic rings. The lowest BCUT2D eigenvalue weighted by Gasteiger charge is -2.27. The molecule has 3 heterocycles. The predicted octanol–water partition coefficient (Wildman–Crippen LogP) is 2.12. The highest BCUT2D eigenvalue weighted by atomic mass is 16.1. The number of rotatable bonds is 3. The lowest BCUT2D eigenvalue weighted by atomic mass is 10.1. The molecule has 1 N–H and O–H groups in total. The van der Waals surface area contributed by atoms with Gasteiger partial charge < -0.3 is 0 Å². The SMILES string of the molecule is O=c1[nH]n(-c2cccnc2)c2c1CN(Cc1ccccc1)CC2. The highest BCUT2D eigenvalue weighted by Crippen LogP contribution is 2.20. The van der Waals surface area contributed by atoms with Crippen LogP contribution in [0.15, 0.2) is 59.7 Å². The number of pyridine rings is 1. The van der Waals surface area contributed by atoms with E-state index in [4.69, 9.17) is 0 Å². The van der Waals surface area contributed by atoms with Crippen LogP contribution >= 0.6 is 0 Å². The summed E-state index contributed by atoms with van der Waals surface area (Å²) in [6.07, 6.45) is 4.36. The van der Waals surface area contributed by atoms with Gasteiger partial charge in [0.15, 0.2) is 0 Å². The summed E-state index contributed by atoms with van der Waals surface area (Å²) < 4.78 is 1.88. The van der Waals surface area contributed by atoms with Crippen molar-refractivity contribution >= 4 is 0 Å². The number of aromatic nitrogens is 3. The third-order valence-corrected chi connectivity index (χ3v) is 4.31. The van der Waals surface area contributed by atoms with Gasteiger partial charge in [-0.05, 0) is 17.7 Å². The molecule has 0 spiro atoms. The van der Waals surface area contributed by atoms with E-state index in [1.54, 1.807) is 12.4 Å². The van der Waals surface area contributed by atoms with E-state index in [1.807, 2.05) is 22.9 Å². The number of aromatic amines is 1. The van der Waals surface area contributed by atoms with E-state index in [2.05, 4.69) is 39.2 Å². The summed E-state index contributed by atoms with van der Waals surface area (Å²) in [6.45, 7) is 2.50. The largest absolute Gasteiger partial charge is 0.294 e. The van der Waals surface area contributed by atoms with Gasteiger partial charge >= 0.3 is 0 Å². The zero-order valence-electron chi connectivity index (χ0n) is 12.8. The van der Waals surface area contributed by atoms with Gasteiger partial charge in [0.2, 0.25) is 0 Å². The molecule has 0 saturated carbocycles. The first-order valence-corrected chi connectivity index (χ1v) is 7.81. The minimum absolute atomic E-state index is 0.00150. The maximum Gasteiger partial charge on any atom is 0.269 e. The summed E-state index contributed by atoms with van der Waals surface area (Å²) in [5.74, 6) is 0. The minimum Gasteiger partial charge on any atom is -0.294 e. The lowest BCUT2D eigenvalue weighted by molar-refractivity contribution is 0.243. The molecule has 5 nitrogen and oxygen atoms in total. The van der Waals surface area contributed by atoms with Crippen LogP contribution in [-0.2, 0) is 19.5 Å². The minimum atomic E-state index is 0.00150. The Bertz CT molecular complexity index is 852. The Balaban J connectivity index is 1.61. The molecule has 0 unspecified atom stereocenters. The molecule has 1 aromatic carbocycles. The average Bonchev–Trinajstić information content (AvgIpc) is 2.93. The van der Waals surface area contributed by atoms with Crippen molar-refractivity contribution in [2.24, 2.45) is 0 Å². The van der Waals surface area contributed by atoms with Crippen LogP contribution in [0.1, 0.15) is 16.8 Å². The van der Waals surface area contributed by atoms with Crippen molar-refractivity contribution in [1.82, 2.24) is 19.7 Å². The van der Waals surface area contributed by atoms with Gasteiger partial charge in [-0.2, -0.15) is 0 Å². The normalized spacial score (nSPS) is 14.6. The summed E-state index contributed by atoms with van der Waals surface area (Å²) in [7, 11) is 0. The summed E-state index contributed by atoms with van der Waals surface area (Å²) >= 11 is 0. The van der Waals surface area contributed by atoms with Crippen molar-refractivity contribution in [3.63, 3.8) is 0 Å². The molecule has 0 amide bonds. The zero-order valence-corrected chi connectivity index (χ0v) is 12.8. The topological polar surface area (TPSA) is 53.9 Å². The van der Waals surface area contributed by atoms with Gasteiger partial charge in [-0.1, -0.05) is 30.3 Å². The van der Waals surface area contributed by atoms with Crippen LogP contribution in [0.5, 0.6) is 0 Å². The third-order valence-electron chi connectivity index (χ3n) is 4.31. The Kier molecular flexibility index (Phi) is 3.55. The molecule has 4 rings (SSSR count). The van der Waals surface area contributed by atoms with Crippen LogP contribution in [0.3, 0.4) is 0 Å². The van der Waals surface area contributed by atoms with Crippen molar-refractivity contribution in [1.29, 1.82) is 0 Å². The Labute approximate surface area is 134 Å². The van der Waals surface area contributed by atoms with Crippen LogP contribution in [0, 0.1) is 0 Å². The Morgan fingerprint density at radius 1 is 1.13 bits per heavy atom. The second-order valence-electron chi connectivity index (χ2n) is 5.86. The monoisotopic (exact) mass is 306 g/mol. The fraction of sp³-hybridized carbons (Fsp3) is 0.222. The van der Waals surface area contributed by atoms with E-state index in [1.165, 1.54) is 5.56 Å². The van der Waals surface area contributed by atoms with Gasteiger partial charge in [0.05, 0.1) is 23.1 Å². The molecule has 2 aromatic heterocycles. The Morgan fingerprint density at radius 2 is 2.00 bits per heavy atom. The zero-order chi connectivity index (χ0) is 15.6. The number of hydrogen-bond donors (Lipinski definition) is 1. The predicted molar refractivity (Wildman–Crippen MR) is 88.4 cm³/mol. The van der Waals surface area contributed by atoms with Crippen molar-refractivity contribution in [2.45, 2.75) is 19.5 Å². The van der Waals surface area contributed by atoms with Gasteiger partial charge in [-0.25, -0.2) is 0 Å². The molecule has 5 heteroatoms. The molecule has 0 bridgehead atoms. The van der Waals surface area contributed by atoms with Crippen LogP contribution in [-0.4, -0.2) is 26.2 Å². The quantitative estimate of drug-likeness (QED) is 0.806. The highest BCUT2D eigenvalue weighted by Gasteiger charge is 2.23. The molecule has 0 saturated heterocycles. The lowest BCUT2D eigenvalue weighted by Crippen LogP contribution is -2.32. The van der Waals surface area contributed by atoms with Crippen LogP contribution in [0.4, 0.5) is 0 Å². The Morgan fingerprint density at radius 3 is 2.78 bits per heavy atom. The number of benzene rings is 1. The van der Waals surface area contributed by atoms with Crippen molar-refractivity contribution in [2.75, 3.05) is 6.54 Å². The molecule has 0 radical (unpaired) electrons. The first-order chi connectivity index (χ1) is 11.3. The molecule has 23 heavy (non-hydrogen) atoms. The number of nitrogens with one attached hydrogen (secondary N) is 1. The van der Waals surface area contributed by atoms with Gasteiger partial charge in [0.25, 0.3) is 5.56 Å². The summed E-state index contributed by atoms with van der Waals surface area (Å²) in [5.41, 5.74) is 4.13. The van der Waals surface area contributed by atoms with E-state index < -0.39 is 0 Å². The summed E-state index contributed by atoms with van der Waals surface area (Å²) in [6, 6.07) is 14.2. The van der Waals surface area contributed by atoms with E-state index in [-0.39, 0.29) is 5.56 Å². The van der Waals surface area contributed by atoms with E-state index in [0.717, 1.165) is 36.5 Å². The standard InChI is InChI=1S/C18H18N4O/c23-18-16-13-21(12-14-5-2-1-3-6-14)10-8-17(16)22(20-18)15-7-4-9-19-11-15/h1-7,9,11H,8,10,12-13H2,(H,20,23). The number of nitrogens with zero attached hydrogens (tertiary/aromatic N) is 3. The molecule has 0 fully saturated rings. The number of H-pyrrole nitrogens is 1. The molecule has 1 aliphatic heterocycles. The first kappa shape index (κ1) is 14.0. The van der Waals surface area contributed by atoms with Crippen LogP contribution < -0.4 is 5.56 Å². The average molecular weight is 306 g/mol. The second-order valence-corrected chi connectivity index (χ2v) is 5.86. The fourth-order valence-electron chi connectivity index (χ4n) is 3.18. The smallest absolute Gasteiger partial charge is 0.269 e. The highest BCUT2D eigenvalue weighted by molar-refractivity contribution is 5.34. The molecular weight excluding hydrogens is 288 g/mol. The molecule has 3 aromatic rings. The van der Waals surface area contributed by atoms with E-state index in [9.17, 15) is 4.79 Å². The van der Waals surface area contributed by atoms with Crippen molar-refractivity contribution in [3.8, 4) is 5.69 Å². The molecule has 0 aliphatic carbocycles.